The van der Waals surface area contributed by atoms with Crippen molar-refractivity contribution in [2.24, 2.45) is 0 Å². The summed E-state index contributed by atoms with van der Waals surface area (Å²) < 4.78 is 28.2. The Labute approximate surface area is 160 Å². The summed E-state index contributed by atoms with van der Waals surface area (Å²) in [6.07, 6.45) is 6.13. The number of fused-ring (bicyclic) bond motifs is 1. The van der Waals surface area contributed by atoms with Gasteiger partial charge < -0.3 is 9.80 Å². The van der Waals surface area contributed by atoms with Gasteiger partial charge in [-0.3, -0.25) is 0 Å². The number of hydrogen-bond acceptors (Lipinski definition) is 4. The van der Waals surface area contributed by atoms with Crippen LogP contribution in [0.4, 0.5) is 0 Å². The highest BCUT2D eigenvalue weighted by Crippen LogP contribution is 2.26. The van der Waals surface area contributed by atoms with Crippen LogP contribution in [0, 0.1) is 0 Å². The predicted molar refractivity (Wildman–Crippen MR) is 108 cm³/mol. The Kier molecular flexibility index (Phi) is 8.07. The number of nitrogens with zero attached hydrogens (tertiary/aromatic N) is 3. The molecule has 1 aromatic carbocycles. The van der Waals surface area contributed by atoms with E-state index in [4.69, 9.17) is 0 Å². The van der Waals surface area contributed by atoms with Gasteiger partial charge in [-0.25, -0.2) is 8.42 Å². The van der Waals surface area contributed by atoms with Crippen LogP contribution in [0.15, 0.2) is 23.1 Å². The first kappa shape index (κ1) is 21.4. The third-order valence-electron chi connectivity index (χ3n) is 4.98. The average molecular weight is 382 g/mol. The van der Waals surface area contributed by atoms with Gasteiger partial charge in [-0.2, -0.15) is 4.31 Å². The summed E-state index contributed by atoms with van der Waals surface area (Å²) in [7, 11) is 4.65. The third-order valence-corrected chi connectivity index (χ3v) is 6.88. The van der Waals surface area contributed by atoms with Gasteiger partial charge >= 0.3 is 0 Å². The third kappa shape index (κ3) is 6.05. The normalized spacial score (nSPS) is 15.0. The molecule has 0 spiro atoms. The van der Waals surface area contributed by atoms with Crippen molar-refractivity contribution in [3.05, 3.63) is 29.3 Å². The van der Waals surface area contributed by atoms with Crippen molar-refractivity contribution in [1.29, 1.82) is 0 Å². The molecule has 0 N–H and O–H groups in total. The van der Waals surface area contributed by atoms with E-state index >= 15 is 0 Å². The van der Waals surface area contributed by atoms with Crippen molar-refractivity contribution in [3.63, 3.8) is 0 Å². The molecule has 0 radical (unpaired) electrons. The second-order valence-corrected chi connectivity index (χ2v) is 9.79. The van der Waals surface area contributed by atoms with Gasteiger partial charge in [0.1, 0.15) is 0 Å². The van der Waals surface area contributed by atoms with Crippen LogP contribution < -0.4 is 0 Å². The summed E-state index contributed by atoms with van der Waals surface area (Å²) in [4.78, 5) is 4.67. The molecular weight excluding hydrogens is 346 g/mol. The lowest BCUT2D eigenvalue weighted by Crippen LogP contribution is -2.35. The quantitative estimate of drug-likeness (QED) is 0.624. The van der Waals surface area contributed by atoms with E-state index in [1.807, 2.05) is 46.4 Å². The monoisotopic (exact) mass is 381 g/mol. The van der Waals surface area contributed by atoms with E-state index in [9.17, 15) is 8.42 Å². The SMILES string of the molecule is CN(C)CCCN(CCCN(C)C)S(=O)(=O)c1ccc2c(c1)CCCC2. The van der Waals surface area contributed by atoms with Crippen molar-refractivity contribution in [2.45, 2.75) is 43.4 Å². The Bertz CT molecular complexity index is 658. The average Bonchev–Trinajstić information content (AvgIpc) is 2.59. The van der Waals surface area contributed by atoms with E-state index in [1.54, 1.807) is 4.31 Å². The van der Waals surface area contributed by atoms with Crippen molar-refractivity contribution in [3.8, 4) is 0 Å². The van der Waals surface area contributed by atoms with Crippen molar-refractivity contribution < 1.29 is 8.42 Å². The minimum Gasteiger partial charge on any atom is -0.309 e. The summed E-state index contributed by atoms with van der Waals surface area (Å²) >= 11 is 0. The fourth-order valence-electron chi connectivity index (χ4n) is 3.50. The van der Waals surface area contributed by atoms with Gasteiger partial charge in [-0.1, -0.05) is 6.07 Å². The molecule has 0 bridgehead atoms. The zero-order valence-electron chi connectivity index (χ0n) is 16.9. The van der Waals surface area contributed by atoms with E-state index in [-0.39, 0.29) is 0 Å². The molecule has 0 fully saturated rings. The highest BCUT2D eigenvalue weighted by atomic mass is 32.2. The van der Waals surface area contributed by atoms with Crippen LogP contribution in [-0.4, -0.2) is 76.9 Å². The summed E-state index contributed by atoms with van der Waals surface area (Å²) in [6, 6.07) is 5.76. The first-order valence-electron chi connectivity index (χ1n) is 9.72. The van der Waals surface area contributed by atoms with Crippen molar-refractivity contribution in [1.82, 2.24) is 14.1 Å². The standard InChI is InChI=1S/C20H35N3O2S/c1-21(2)13-7-15-23(16-8-14-22(3)4)26(24,25)20-12-11-18-9-5-6-10-19(18)17-20/h11-12,17H,5-10,13-16H2,1-4H3. The minimum absolute atomic E-state index is 0.466. The fraction of sp³-hybridized carbons (Fsp3) is 0.700. The molecule has 148 valence electrons. The summed E-state index contributed by atoms with van der Waals surface area (Å²) in [6.45, 7) is 2.93. The molecule has 0 aromatic heterocycles. The lowest BCUT2D eigenvalue weighted by Gasteiger charge is -2.25. The van der Waals surface area contributed by atoms with Crippen LogP contribution in [0.1, 0.15) is 36.8 Å². The second-order valence-electron chi connectivity index (χ2n) is 7.86. The van der Waals surface area contributed by atoms with Gasteiger partial charge in [0.05, 0.1) is 4.90 Å². The van der Waals surface area contributed by atoms with Gasteiger partial charge in [-0.15, -0.1) is 0 Å². The van der Waals surface area contributed by atoms with Crippen molar-refractivity contribution in [2.75, 3.05) is 54.4 Å². The Morgan fingerprint density at radius 2 is 1.35 bits per heavy atom. The molecule has 0 saturated heterocycles. The van der Waals surface area contributed by atoms with Crippen LogP contribution in [0.2, 0.25) is 0 Å². The van der Waals surface area contributed by atoms with Gasteiger partial charge in [0.15, 0.2) is 0 Å². The minimum atomic E-state index is -3.43. The molecule has 0 aliphatic heterocycles. The Morgan fingerprint density at radius 3 is 1.88 bits per heavy atom. The van der Waals surface area contributed by atoms with Crippen molar-refractivity contribution >= 4 is 10.0 Å². The number of aryl methyl sites for hydroxylation is 2. The van der Waals surface area contributed by atoms with E-state index in [2.05, 4.69) is 9.80 Å². The number of hydrogen-bond donors (Lipinski definition) is 0. The molecule has 0 amide bonds. The van der Waals surface area contributed by atoms with Gasteiger partial charge in [0.2, 0.25) is 10.0 Å². The molecule has 1 aliphatic carbocycles. The maximum Gasteiger partial charge on any atom is 0.243 e. The molecule has 5 nitrogen and oxygen atoms in total. The van der Waals surface area contributed by atoms with E-state index in [1.165, 1.54) is 17.5 Å². The summed E-state index contributed by atoms with van der Waals surface area (Å²) in [5, 5.41) is 0. The lowest BCUT2D eigenvalue weighted by atomic mass is 9.92. The van der Waals surface area contributed by atoms with E-state index < -0.39 is 10.0 Å². The largest absolute Gasteiger partial charge is 0.309 e. The molecule has 0 heterocycles. The highest BCUT2D eigenvalue weighted by molar-refractivity contribution is 7.89. The number of benzene rings is 1. The molecule has 26 heavy (non-hydrogen) atoms. The van der Waals surface area contributed by atoms with Crippen LogP contribution in [0.25, 0.3) is 0 Å². The van der Waals surface area contributed by atoms with Gasteiger partial charge in [0, 0.05) is 13.1 Å². The Hall–Kier alpha value is -0.950. The predicted octanol–water partition coefficient (Wildman–Crippen LogP) is 2.46. The second kappa shape index (κ2) is 9.83. The van der Waals surface area contributed by atoms with Crippen LogP contribution >= 0.6 is 0 Å². The van der Waals surface area contributed by atoms with Crippen LogP contribution in [-0.2, 0) is 22.9 Å². The van der Waals surface area contributed by atoms with E-state index in [0.29, 0.717) is 18.0 Å². The number of sulfonamides is 1. The topological polar surface area (TPSA) is 43.9 Å². The first-order valence-corrected chi connectivity index (χ1v) is 11.2. The zero-order chi connectivity index (χ0) is 19.2. The molecule has 1 aliphatic rings. The number of rotatable bonds is 10. The highest BCUT2D eigenvalue weighted by Gasteiger charge is 2.25. The van der Waals surface area contributed by atoms with Crippen LogP contribution in [0.3, 0.4) is 0 Å². The lowest BCUT2D eigenvalue weighted by molar-refractivity contribution is 0.326. The molecule has 1 aromatic rings. The van der Waals surface area contributed by atoms with Crippen LogP contribution in [0.5, 0.6) is 0 Å². The fourth-order valence-corrected chi connectivity index (χ4v) is 5.07. The summed E-state index contributed by atoms with van der Waals surface area (Å²) in [5.41, 5.74) is 2.54. The maximum atomic E-state index is 13.3. The van der Waals surface area contributed by atoms with E-state index in [0.717, 1.165) is 45.2 Å². The van der Waals surface area contributed by atoms with Gasteiger partial charge in [-0.05, 0) is 103 Å². The Balaban J connectivity index is 2.16. The maximum absolute atomic E-state index is 13.3. The molecule has 6 heteroatoms. The molecule has 2 rings (SSSR count). The van der Waals surface area contributed by atoms with Gasteiger partial charge in [0.25, 0.3) is 0 Å². The summed E-state index contributed by atoms with van der Waals surface area (Å²) in [5.74, 6) is 0. The molecule has 0 unspecified atom stereocenters. The Morgan fingerprint density at radius 1 is 0.808 bits per heavy atom. The zero-order valence-corrected chi connectivity index (χ0v) is 17.7. The first-order chi connectivity index (χ1) is 12.3. The molecule has 0 saturated carbocycles. The molecular formula is C20H35N3O2S. The smallest absolute Gasteiger partial charge is 0.243 e. The molecule has 0 atom stereocenters.